The van der Waals surface area contributed by atoms with Gasteiger partial charge in [0.05, 0.1) is 49.2 Å². The quantitative estimate of drug-likeness (QED) is 0.497. The summed E-state index contributed by atoms with van der Waals surface area (Å²) in [5.74, 6) is -2.34. The number of nitrogens with zero attached hydrogens (tertiary/aromatic N) is 6. The molecule has 5 heterocycles. The predicted octanol–water partition coefficient (Wildman–Crippen LogP) is 1.05. The number of piperidine rings is 1. The van der Waals surface area contributed by atoms with Crippen molar-refractivity contribution in [2.45, 2.75) is 25.4 Å². The van der Waals surface area contributed by atoms with Crippen LogP contribution in [0.1, 0.15) is 30.1 Å². The Morgan fingerprint density at radius 1 is 1.20 bits per heavy atom. The second kappa shape index (κ2) is 8.41. The van der Waals surface area contributed by atoms with E-state index in [1.54, 1.807) is 16.7 Å². The number of hydrogen-bond donors (Lipinski definition) is 3. The molecule has 0 spiro atoms. The van der Waals surface area contributed by atoms with E-state index in [-0.39, 0.29) is 40.2 Å². The molecule has 2 aliphatic heterocycles. The number of carbonyl (C=O) groups excluding carboxylic acids is 2. The molecule has 0 aromatic carbocycles. The van der Waals surface area contributed by atoms with Crippen molar-refractivity contribution in [3.05, 3.63) is 42.0 Å². The molecule has 184 valence electrons. The molecule has 0 atom stereocenters. The van der Waals surface area contributed by atoms with Gasteiger partial charge in [0.2, 0.25) is 5.91 Å². The van der Waals surface area contributed by atoms with Crippen LogP contribution in [0, 0.1) is 17.6 Å². The molecule has 5 rings (SSSR count). The number of hydrogen-bond acceptors (Lipinski definition) is 8. The fourth-order valence-electron chi connectivity index (χ4n) is 4.71. The molecule has 2 amide bonds. The van der Waals surface area contributed by atoms with Crippen LogP contribution >= 0.6 is 0 Å². The van der Waals surface area contributed by atoms with Gasteiger partial charge in [-0.05, 0) is 19.8 Å². The van der Waals surface area contributed by atoms with Crippen LogP contribution in [0.25, 0.3) is 5.65 Å². The predicted molar refractivity (Wildman–Crippen MR) is 122 cm³/mol. The summed E-state index contributed by atoms with van der Waals surface area (Å²) in [6.07, 6.45) is 5.36. The number of anilines is 3. The Hall–Kier alpha value is -3.87. The molecule has 2 aliphatic rings. The fourth-order valence-corrected chi connectivity index (χ4v) is 4.71. The lowest BCUT2D eigenvalue weighted by molar-refractivity contribution is -0.157. The number of nitrogens with one attached hydrogen (secondary N) is 1. The van der Waals surface area contributed by atoms with Crippen molar-refractivity contribution < 1.29 is 23.5 Å². The third-order valence-corrected chi connectivity index (χ3v) is 6.35. The smallest absolute Gasteiger partial charge is 0.263 e. The first-order valence-electron chi connectivity index (χ1n) is 11.1. The van der Waals surface area contributed by atoms with Gasteiger partial charge in [-0.15, -0.1) is 5.10 Å². The summed E-state index contributed by atoms with van der Waals surface area (Å²) < 4.78 is 29.4. The first-order valence-corrected chi connectivity index (χ1v) is 11.1. The van der Waals surface area contributed by atoms with Crippen LogP contribution in [-0.4, -0.2) is 73.2 Å². The Morgan fingerprint density at radius 3 is 2.60 bits per heavy atom. The highest BCUT2D eigenvalue weighted by Crippen LogP contribution is 2.34. The van der Waals surface area contributed by atoms with Crippen molar-refractivity contribution >= 4 is 34.7 Å². The number of pyridine rings is 1. The minimum atomic E-state index is -0.836. The number of nitrogen functional groups attached to an aromatic ring is 1. The summed E-state index contributed by atoms with van der Waals surface area (Å²) in [5, 5.41) is 16.4. The molecule has 13 heteroatoms. The molecule has 11 nitrogen and oxygen atoms in total. The lowest BCUT2D eigenvalue weighted by Crippen LogP contribution is -2.63. The van der Waals surface area contributed by atoms with Crippen LogP contribution in [0.5, 0.6) is 0 Å². The number of halogens is 2. The molecule has 0 unspecified atom stereocenters. The first-order chi connectivity index (χ1) is 16.6. The Kier molecular flexibility index (Phi) is 5.50. The lowest BCUT2D eigenvalue weighted by Gasteiger charge is -2.46. The number of carbonyl (C=O) groups is 2. The molecule has 0 saturated carbocycles. The third kappa shape index (κ3) is 4.22. The highest BCUT2D eigenvalue weighted by Gasteiger charge is 2.42. The molecule has 2 fully saturated rings. The minimum Gasteiger partial charge on any atom is -0.386 e. The summed E-state index contributed by atoms with van der Waals surface area (Å²) in [6.45, 7) is 3.11. The van der Waals surface area contributed by atoms with Crippen LogP contribution in [0.4, 0.5) is 26.0 Å². The van der Waals surface area contributed by atoms with Gasteiger partial charge >= 0.3 is 0 Å². The topological polar surface area (TPSA) is 142 Å². The summed E-state index contributed by atoms with van der Waals surface area (Å²) in [4.78, 5) is 36.9. The van der Waals surface area contributed by atoms with E-state index in [4.69, 9.17) is 5.73 Å². The highest BCUT2D eigenvalue weighted by molar-refractivity contribution is 6.12. The normalized spacial score (nSPS) is 17.9. The van der Waals surface area contributed by atoms with Crippen molar-refractivity contribution in [1.82, 2.24) is 24.5 Å². The zero-order chi connectivity index (χ0) is 24.9. The van der Waals surface area contributed by atoms with E-state index >= 15 is 0 Å². The minimum absolute atomic E-state index is 0.00704. The Labute approximate surface area is 198 Å². The molecule has 3 aromatic rings. The van der Waals surface area contributed by atoms with Crippen molar-refractivity contribution in [3.63, 3.8) is 0 Å². The van der Waals surface area contributed by atoms with Gasteiger partial charge < -0.3 is 26.0 Å². The average Bonchev–Trinajstić information content (AvgIpc) is 3.12. The van der Waals surface area contributed by atoms with E-state index in [0.717, 1.165) is 23.1 Å². The van der Waals surface area contributed by atoms with Crippen LogP contribution in [0.3, 0.4) is 0 Å². The summed E-state index contributed by atoms with van der Waals surface area (Å²) in [6, 6.07) is 0. The Balaban J connectivity index is 1.33. The first kappa shape index (κ1) is 22.9. The Bertz CT molecular complexity index is 1310. The van der Waals surface area contributed by atoms with Crippen molar-refractivity contribution in [2.24, 2.45) is 5.92 Å². The summed E-state index contributed by atoms with van der Waals surface area (Å²) >= 11 is 0. The number of aromatic nitrogens is 4. The Morgan fingerprint density at radius 2 is 1.91 bits per heavy atom. The number of aliphatic hydroxyl groups is 1. The van der Waals surface area contributed by atoms with Crippen LogP contribution in [0.2, 0.25) is 0 Å². The van der Waals surface area contributed by atoms with Gasteiger partial charge in [-0.2, -0.15) is 0 Å². The highest BCUT2D eigenvalue weighted by atomic mass is 19.1. The largest absolute Gasteiger partial charge is 0.386 e. The van der Waals surface area contributed by atoms with Crippen molar-refractivity contribution in [3.8, 4) is 0 Å². The fraction of sp³-hybridized carbons (Fsp3) is 0.409. The van der Waals surface area contributed by atoms with E-state index in [9.17, 15) is 23.5 Å². The lowest BCUT2D eigenvalue weighted by atomic mass is 9.90. The van der Waals surface area contributed by atoms with E-state index in [1.165, 1.54) is 6.20 Å². The monoisotopic (exact) mass is 486 g/mol. The molecule has 2 saturated heterocycles. The van der Waals surface area contributed by atoms with Crippen LogP contribution in [0.15, 0.2) is 24.8 Å². The van der Waals surface area contributed by atoms with E-state index in [0.29, 0.717) is 39.0 Å². The maximum atomic E-state index is 14.9. The van der Waals surface area contributed by atoms with Crippen LogP contribution < -0.4 is 16.0 Å². The van der Waals surface area contributed by atoms with Gasteiger partial charge in [-0.1, -0.05) is 0 Å². The van der Waals surface area contributed by atoms with Crippen molar-refractivity contribution in [2.75, 3.05) is 42.1 Å². The molecule has 0 radical (unpaired) electrons. The van der Waals surface area contributed by atoms with Crippen LogP contribution in [-0.2, 0) is 4.79 Å². The van der Waals surface area contributed by atoms with E-state index < -0.39 is 23.1 Å². The maximum absolute atomic E-state index is 14.9. The van der Waals surface area contributed by atoms with E-state index in [2.05, 4.69) is 20.4 Å². The van der Waals surface area contributed by atoms with Gasteiger partial charge in [-0.25, -0.2) is 18.3 Å². The summed E-state index contributed by atoms with van der Waals surface area (Å²) in [7, 11) is 0. The zero-order valence-electron chi connectivity index (χ0n) is 18.9. The second-order valence-corrected chi connectivity index (χ2v) is 9.22. The maximum Gasteiger partial charge on any atom is 0.263 e. The summed E-state index contributed by atoms with van der Waals surface area (Å²) in [5.41, 5.74) is 5.28. The molecule has 0 bridgehead atoms. The van der Waals surface area contributed by atoms with E-state index in [1.807, 2.05) is 0 Å². The third-order valence-electron chi connectivity index (χ3n) is 6.35. The van der Waals surface area contributed by atoms with Crippen molar-refractivity contribution in [1.29, 1.82) is 0 Å². The number of likely N-dealkylation sites (tertiary alicyclic amines) is 1. The molecular formula is C22H24F2N8O3. The zero-order valence-corrected chi connectivity index (χ0v) is 18.9. The SMILES string of the molecule is CC1(O)CN(C(=O)C2CCN(c3c(F)cncc3NC(=O)c3c(N)nn4cc(F)cnc34)CC2)C1. The number of β-amino-alcohol motifs (C(OH)–C–C–N with tert-alkyl or cyclic N) is 1. The number of amides is 2. The molecular weight excluding hydrogens is 462 g/mol. The number of rotatable bonds is 4. The van der Waals surface area contributed by atoms with Gasteiger partial charge in [0.15, 0.2) is 23.1 Å². The number of fused-ring (bicyclic) bond motifs is 1. The standard InChI is InChI=1S/C22H24F2N8O3/c1-22(35)10-31(11-22)21(34)12-2-4-30(5-3-12)17-14(24)7-26-8-15(17)28-20(33)16-18(25)29-32-9-13(23)6-27-19(16)32/h6-9,12,35H,2-5,10-11H2,1H3,(H2,25,29)(H,28,33). The number of nitrogens with two attached hydrogens (primary N) is 1. The molecule has 4 N–H and O–H groups in total. The van der Waals surface area contributed by atoms with Gasteiger partial charge in [0.25, 0.3) is 5.91 Å². The molecule has 3 aromatic heterocycles. The average molecular weight is 486 g/mol. The molecule has 35 heavy (non-hydrogen) atoms. The van der Waals surface area contributed by atoms with Gasteiger partial charge in [0.1, 0.15) is 11.3 Å². The van der Waals surface area contributed by atoms with Gasteiger partial charge in [-0.3, -0.25) is 14.6 Å². The second-order valence-electron chi connectivity index (χ2n) is 9.22. The molecule has 0 aliphatic carbocycles. The van der Waals surface area contributed by atoms with Gasteiger partial charge in [0, 0.05) is 19.0 Å².